The Morgan fingerprint density at radius 2 is 1.67 bits per heavy atom. The fourth-order valence-electron chi connectivity index (χ4n) is 1.47. The molecule has 0 aliphatic carbocycles. The molecule has 0 radical (unpaired) electrons. The topological polar surface area (TPSA) is 66.4 Å². The molecule has 0 unspecified atom stereocenters. The number of hydrogen-bond donors (Lipinski definition) is 2. The quantitative estimate of drug-likeness (QED) is 0.823. The van der Waals surface area contributed by atoms with Gasteiger partial charge in [-0.05, 0) is 39.8 Å². The SMILES string of the molecule is CC(C)(NC(=O)c1cc(F)c(Cl)cc1Cl)C(C)(C)C(=O)O. The van der Waals surface area contributed by atoms with Gasteiger partial charge in [-0.1, -0.05) is 23.2 Å². The van der Waals surface area contributed by atoms with Crippen LogP contribution in [0.5, 0.6) is 0 Å². The van der Waals surface area contributed by atoms with E-state index in [4.69, 9.17) is 23.2 Å². The minimum absolute atomic E-state index is 0.0113. The van der Waals surface area contributed by atoms with Gasteiger partial charge in [0.2, 0.25) is 0 Å². The first-order valence-corrected chi connectivity index (χ1v) is 6.86. The fourth-order valence-corrected chi connectivity index (χ4v) is 1.94. The lowest BCUT2D eigenvalue weighted by molar-refractivity contribution is -0.150. The van der Waals surface area contributed by atoms with Crippen molar-refractivity contribution in [3.63, 3.8) is 0 Å². The van der Waals surface area contributed by atoms with Gasteiger partial charge in [-0.3, -0.25) is 9.59 Å². The number of nitrogens with one attached hydrogen (secondary N) is 1. The van der Waals surface area contributed by atoms with Crippen molar-refractivity contribution < 1.29 is 19.1 Å². The third kappa shape index (κ3) is 3.47. The zero-order chi connectivity index (χ0) is 16.6. The second-order valence-corrected chi connectivity index (χ2v) is 6.57. The van der Waals surface area contributed by atoms with Crippen LogP contribution in [0.3, 0.4) is 0 Å². The second kappa shape index (κ2) is 5.81. The minimum Gasteiger partial charge on any atom is -0.481 e. The van der Waals surface area contributed by atoms with E-state index in [0.29, 0.717) is 0 Å². The number of carboxylic acids is 1. The van der Waals surface area contributed by atoms with Crippen LogP contribution in [0.15, 0.2) is 12.1 Å². The first kappa shape index (κ1) is 17.7. The van der Waals surface area contributed by atoms with Crippen LogP contribution in [0.25, 0.3) is 0 Å². The Hall–Kier alpha value is -1.33. The predicted molar refractivity (Wildman–Crippen MR) is 79.4 cm³/mol. The molecule has 0 saturated carbocycles. The number of carbonyl (C=O) groups excluding carboxylic acids is 1. The smallest absolute Gasteiger partial charge is 0.311 e. The van der Waals surface area contributed by atoms with Gasteiger partial charge in [0.05, 0.1) is 26.6 Å². The van der Waals surface area contributed by atoms with Crippen LogP contribution in [0.1, 0.15) is 38.1 Å². The van der Waals surface area contributed by atoms with E-state index in [9.17, 15) is 19.1 Å². The molecule has 0 saturated heterocycles. The van der Waals surface area contributed by atoms with E-state index in [0.717, 1.165) is 12.1 Å². The third-order valence-corrected chi connectivity index (χ3v) is 4.38. The summed E-state index contributed by atoms with van der Waals surface area (Å²) in [5.41, 5.74) is -2.43. The number of carbonyl (C=O) groups is 2. The lowest BCUT2D eigenvalue weighted by atomic mass is 9.74. The van der Waals surface area contributed by atoms with Gasteiger partial charge in [0, 0.05) is 0 Å². The number of carboxylic acid groups (broad SMARTS) is 1. The number of halogens is 3. The van der Waals surface area contributed by atoms with Crippen molar-refractivity contribution in [1.29, 1.82) is 0 Å². The molecule has 0 bridgehead atoms. The maximum Gasteiger partial charge on any atom is 0.311 e. The summed E-state index contributed by atoms with van der Waals surface area (Å²) in [6, 6.07) is 2.05. The van der Waals surface area contributed by atoms with Crippen LogP contribution in [0, 0.1) is 11.2 Å². The van der Waals surface area contributed by atoms with Crippen molar-refractivity contribution in [3.8, 4) is 0 Å². The Labute approximate surface area is 132 Å². The molecular weight excluding hydrogens is 320 g/mol. The van der Waals surface area contributed by atoms with Gasteiger partial charge in [0.25, 0.3) is 5.91 Å². The molecule has 1 aromatic rings. The summed E-state index contributed by atoms with van der Waals surface area (Å²) in [4.78, 5) is 23.5. The van der Waals surface area contributed by atoms with Crippen LogP contribution in [-0.2, 0) is 4.79 Å². The van der Waals surface area contributed by atoms with E-state index in [2.05, 4.69) is 5.32 Å². The molecular formula is C14H16Cl2FNO3. The molecule has 2 N–H and O–H groups in total. The first-order valence-electron chi connectivity index (χ1n) is 6.10. The molecule has 4 nitrogen and oxygen atoms in total. The summed E-state index contributed by atoms with van der Waals surface area (Å²) in [6.07, 6.45) is 0. The minimum atomic E-state index is -1.24. The molecule has 1 rings (SSSR count). The van der Waals surface area contributed by atoms with Crippen molar-refractivity contribution in [3.05, 3.63) is 33.6 Å². The predicted octanol–water partition coefficient (Wildman–Crippen LogP) is 3.75. The zero-order valence-electron chi connectivity index (χ0n) is 12.1. The van der Waals surface area contributed by atoms with Crippen molar-refractivity contribution in [1.82, 2.24) is 5.32 Å². The molecule has 1 amide bonds. The summed E-state index contributed by atoms with van der Waals surface area (Å²) >= 11 is 11.4. The van der Waals surface area contributed by atoms with Crippen molar-refractivity contribution in [2.75, 3.05) is 0 Å². The van der Waals surface area contributed by atoms with Crippen molar-refractivity contribution >= 4 is 35.1 Å². The zero-order valence-corrected chi connectivity index (χ0v) is 13.6. The average molecular weight is 336 g/mol. The summed E-state index contributed by atoms with van der Waals surface area (Å²) < 4.78 is 13.4. The maximum atomic E-state index is 13.4. The molecule has 7 heteroatoms. The van der Waals surface area contributed by atoms with Gasteiger partial charge in [-0.15, -0.1) is 0 Å². The maximum absolute atomic E-state index is 13.4. The number of rotatable bonds is 4. The number of benzene rings is 1. The molecule has 0 aliphatic heterocycles. The highest BCUT2D eigenvalue weighted by Crippen LogP contribution is 2.32. The van der Waals surface area contributed by atoms with Crippen LogP contribution in [-0.4, -0.2) is 22.5 Å². The number of aliphatic carboxylic acids is 1. The largest absolute Gasteiger partial charge is 0.481 e. The lowest BCUT2D eigenvalue weighted by Gasteiger charge is -2.38. The van der Waals surface area contributed by atoms with E-state index < -0.39 is 28.6 Å². The Kier molecular flexibility index (Phi) is 4.90. The summed E-state index contributed by atoms with van der Waals surface area (Å²) in [5, 5.41) is 11.6. The lowest BCUT2D eigenvalue weighted by Crippen LogP contribution is -2.57. The third-order valence-electron chi connectivity index (χ3n) is 3.78. The summed E-state index contributed by atoms with van der Waals surface area (Å²) in [6.45, 7) is 6.11. The molecule has 0 atom stereocenters. The van der Waals surface area contributed by atoms with Gasteiger partial charge in [-0.2, -0.15) is 0 Å². The fraction of sp³-hybridized carbons (Fsp3) is 0.429. The molecule has 21 heavy (non-hydrogen) atoms. The standard InChI is InChI=1S/C14H16Cl2FNO3/c1-13(2,12(20)21)14(3,4)18-11(19)7-5-10(17)9(16)6-8(7)15/h5-6H,1-4H3,(H,18,19)(H,20,21). The van der Waals surface area contributed by atoms with Gasteiger partial charge >= 0.3 is 5.97 Å². The normalized spacial score (nSPS) is 12.1. The molecule has 116 valence electrons. The Morgan fingerprint density at radius 3 is 2.14 bits per heavy atom. The monoisotopic (exact) mass is 335 g/mol. The highest BCUT2D eigenvalue weighted by atomic mass is 35.5. The molecule has 0 spiro atoms. The van der Waals surface area contributed by atoms with E-state index >= 15 is 0 Å². The van der Waals surface area contributed by atoms with Crippen LogP contribution < -0.4 is 5.32 Å². The van der Waals surface area contributed by atoms with E-state index in [-0.39, 0.29) is 15.6 Å². The van der Waals surface area contributed by atoms with Crippen LogP contribution >= 0.6 is 23.2 Å². The summed E-state index contributed by atoms with van der Waals surface area (Å²) in [7, 11) is 0. The Morgan fingerprint density at radius 1 is 1.14 bits per heavy atom. The Bertz CT molecular complexity index is 600. The molecule has 1 aromatic carbocycles. The van der Waals surface area contributed by atoms with E-state index in [1.54, 1.807) is 13.8 Å². The van der Waals surface area contributed by atoms with Crippen molar-refractivity contribution in [2.24, 2.45) is 5.41 Å². The molecule has 0 heterocycles. The number of hydrogen-bond acceptors (Lipinski definition) is 2. The van der Waals surface area contributed by atoms with Gasteiger partial charge in [0.15, 0.2) is 0 Å². The average Bonchev–Trinajstić information content (AvgIpc) is 2.32. The van der Waals surface area contributed by atoms with Gasteiger partial charge in [-0.25, -0.2) is 4.39 Å². The molecule has 0 aromatic heterocycles. The Balaban J connectivity index is 3.12. The van der Waals surface area contributed by atoms with Crippen LogP contribution in [0.4, 0.5) is 4.39 Å². The molecule has 0 fully saturated rings. The highest BCUT2D eigenvalue weighted by molar-refractivity contribution is 6.36. The van der Waals surface area contributed by atoms with Gasteiger partial charge < -0.3 is 10.4 Å². The molecule has 0 aliphatic rings. The summed E-state index contributed by atoms with van der Waals surface area (Å²) in [5.74, 6) is -2.52. The van der Waals surface area contributed by atoms with Gasteiger partial charge in [0.1, 0.15) is 5.82 Å². The van der Waals surface area contributed by atoms with E-state index in [1.165, 1.54) is 13.8 Å². The number of amides is 1. The highest BCUT2D eigenvalue weighted by Gasteiger charge is 2.44. The van der Waals surface area contributed by atoms with Crippen molar-refractivity contribution in [2.45, 2.75) is 33.2 Å². The van der Waals surface area contributed by atoms with E-state index in [1.807, 2.05) is 0 Å². The second-order valence-electron chi connectivity index (χ2n) is 5.76. The first-order chi connectivity index (χ1) is 9.40. The van der Waals surface area contributed by atoms with Crippen LogP contribution in [0.2, 0.25) is 10.0 Å².